The van der Waals surface area contributed by atoms with Crippen LogP contribution in [0.25, 0.3) is 0 Å². The Morgan fingerprint density at radius 1 is 1.14 bits per heavy atom. The maximum Gasteiger partial charge on any atom is 0.243 e. The molecule has 0 bridgehead atoms. The topological polar surface area (TPSA) is 49.4 Å². The summed E-state index contributed by atoms with van der Waals surface area (Å²) < 4.78 is 0. The van der Waals surface area contributed by atoms with Crippen LogP contribution in [0.5, 0.6) is 0 Å². The molecule has 1 rings (SSSR count). The van der Waals surface area contributed by atoms with Gasteiger partial charge in [-0.25, -0.2) is 0 Å². The Balaban J connectivity index is 2.74. The van der Waals surface area contributed by atoms with Crippen molar-refractivity contribution in [2.75, 3.05) is 12.3 Å². The normalized spacial score (nSPS) is 22.0. The minimum absolute atomic E-state index is 0.00778. The maximum absolute atomic E-state index is 12.6. The molecule has 2 atom stereocenters. The summed E-state index contributed by atoms with van der Waals surface area (Å²) in [6, 6.07) is -0.309. The lowest BCUT2D eigenvalue weighted by atomic mass is 10.1. The summed E-state index contributed by atoms with van der Waals surface area (Å²) in [5.74, 6) is 1.83. The van der Waals surface area contributed by atoms with Crippen LogP contribution >= 0.6 is 11.8 Å². The highest BCUT2D eigenvalue weighted by Gasteiger charge is 2.41. The predicted molar refractivity (Wildman–Crippen MR) is 93.6 cm³/mol. The van der Waals surface area contributed by atoms with Crippen molar-refractivity contribution in [2.24, 2.45) is 17.8 Å². The first-order valence-corrected chi connectivity index (χ1v) is 9.50. The number of carbonyl (C=O) groups is 2. The van der Waals surface area contributed by atoms with Gasteiger partial charge in [-0.05, 0) is 24.7 Å². The van der Waals surface area contributed by atoms with Gasteiger partial charge in [0.25, 0.3) is 0 Å². The van der Waals surface area contributed by atoms with Crippen LogP contribution in [-0.4, -0.2) is 40.4 Å². The zero-order valence-corrected chi connectivity index (χ0v) is 15.7. The van der Waals surface area contributed by atoms with E-state index >= 15 is 0 Å². The Kier molecular flexibility index (Phi) is 7.74. The molecule has 128 valence electrons. The van der Waals surface area contributed by atoms with Gasteiger partial charge >= 0.3 is 0 Å². The molecule has 5 heteroatoms. The van der Waals surface area contributed by atoms with E-state index in [0.717, 1.165) is 12.8 Å². The van der Waals surface area contributed by atoms with E-state index in [1.165, 1.54) is 0 Å². The summed E-state index contributed by atoms with van der Waals surface area (Å²) in [5, 5.41) is 3.14. The molecule has 0 aromatic heterocycles. The van der Waals surface area contributed by atoms with Crippen LogP contribution in [0.4, 0.5) is 0 Å². The van der Waals surface area contributed by atoms with E-state index in [1.807, 2.05) is 18.7 Å². The highest BCUT2D eigenvalue weighted by molar-refractivity contribution is 8.00. The number of nitrogens with zero attached hydrogens (tertiary/aromatic N) is 1. The first-order valence-electron chi connectivity index (χ1n) is 8.45. The standard InChI is InChI=1S/C17H32N2O2S/c1-11(2)7-8-18-16(20)14-10-22-15(9-12(3)4)19(14)17(21)13(5)6/h11-15H,7-10H2,1-6H3,(H,18,20). The molecule has 1 N–H and O–H groups in total. The average molecular weight is 329 g/mol. The Hall–Kier alpha value is -0.710. The van der Waals surface area contributed by atoms with Crippen LogP contribution in [0.1, 0.15) is 54.4 Å². The molecule has 4 nitrogen and oxygen atoms in total. The smallest absolute Gasteiger partial charge is 0.243 e. The molecule has 0 aromatic rings. The van der Waals surface area contributed by atoms with Gasteiger partial charge in [-0.3, -0.25) is 9.59 Å². The lowest BCUT2D eigenvalue weighted by Crippen LogP contribution is -2.51. The van der Waals surface area contributed by atoms with Gasteiger partial charge in [0, 0.05) is 18.2 Å². The first kappa shape index (κ1) is 19.3. The fourth-order valence-corrected chi connectivity index (χ4v) is 4.19. The molecular formula is C17H32N2O2S. The van der Waals surface area contributed by atoms with Crippen molar-refractivity contribution in [1.29, 1.82) is 0 Å². The van der Waals surface area contributed by atoms with Gasteiger partial charge in [-0.2, -0.15) is 0 Å². The summed E-state index contributed by atoms with van der Waals surface area (Å²) in [5.41, 5.74) is 0. The number of nitrogens with one attached hydrogen (secondary N) is 1. The fraction of sp³-hybridized carbons (Fsp3) is 0.882. The minimum Gasteiger partial charge on any atom is -0.354 e. The number of hydrogen-bond donors (Lipinski definition) is 1. The van der Waals surface area contributed by atoms with Crippen molar-refractivity contribution < 1.29 is 9.59 Å². The lowest BCUT2D eigenvalue weighted by molar-refractivity contribution is -0.142. The van der Waals surface area contributed by atoms with Crippen LogP contribution in [0.2, 0.25) is 0 Å². The maximum atomic E-state index is 12.6. The van der Waals surface area contributed by atoms with Crippen molar-refractivity contribution >= 4 is 23.6 Å². The summed E-state index contributed by atoms with van der Waals surface area (Å²) in [7, 11) is 0. The highest BCUT2D eigenvalue weighted by Crippen LogP contribution is 2.34. The third-order valence-corrected chi connectivity index (χ3v) is 5.15. The lowest BCUT2D eigenvalue weighted by Gasteiger charge is -2.31. The first-order chi connectivity index (χ1) is 10.2. The predicted octanol–water partition coefficient (Wildman–Crippen LogP) is 3.12. The van der Waals surface area contributed by atoms with Crippen molar-refractivity contribution in [3.05, 3.63) is 0 Å². The van der Waals surface area contributed by atoms with Crippen molar-refractivity contribution in [3.8, 4) is 0 Å². The van der Waals surface area contributed by atoms with Crippen molar-refractivity contribution in [1.82, 2.24) is 10.2 Å². The highest BCUT2D eigenvalue weighted by atomic mass is 32.2. The van der Waals surface area contributed by atoms with E-state index in [1.54, 1.807) is 11.8 Å². The van der Waals surface area contributed by atoms with E-state index in [9.17, 15) is 9.59 Å². The van der Waals surface area contributed by atoms with E-state index in [4.69, 9.17) is 0 Å². The molecule has 0 saturated carbocycles. The van der Waals surface area contributed by atoms with E-state index in [0.29, 0.717) is 24.1 Å². The molecule has 0 aromatic carbocycles. The quantitative estimate of drug-likeness (QED) is 0.781. The minimum atomic E-state index is -0.309. The zero-order chi connectivity index (χ0) is 16.9. The van der Waals surface area contributed by atoms with Gasteiger partial charge in [0.05, 0.1) is 5.37 Å². The fourth-order valence-electron chi connectivity index (χ4n) is 2.55. The van der Waals surface area contributed by atoms with Gasteiger partial charge in [-0.1, -0.05) is 41.5 Å². The number of rotatable bonds is 7. The largest absolute Gasteiger partial charge is 0.354 e. The van der Waals surface area contributed by atoms with Crippen molar-refractivity contribution in [2.45, 2.75) is 65.8 Å². The summed E-state index contributed by atoms with van der Waals surface area (Å²) in [4.78, 5) is 26.9. The third-order valence-electron chi connectivity index (χ3n) is 3.84. The van der Waals surface area contributed by atoms with Crippen molar-refractivity contribution in [3.63, 3.8) is 0 Å². The number of carbonyl (C=O) groups excluding carboxylic acids is 2. The second-order valence-electron chi connectivity index (χ2n) is 7.31. The van der Waals surface area contributed by atoms with Gasteiger partial charge in [-0.15, -0.1) is 11.8 Å². The molecule has 1 heterocycles. The molecule has 22 heavy (non-hydrogen) atoms. The molecule has 2 amide bonds. The molecule has 0 spiro atoms. The summed E-state index contributed by atoms with van der Waals surface area (Å²) in [6.45, 7) is 13.1. The molecule has 1 aliphatic heterocycles. The molecule has 1 fully saturated rings. The number of amides is 2. The molecule has 1 saturated heterocycles. The van der Waals surface area contributed by atoms with Gasteiger partial charge in [0.15, 0.2) is 0 Å². The molecule has 0 aliphatic carbocycles. The monoisotopic (exact) mass is 328 g/mol. The third kappa shape index (κ3) is 5.49. The molecule has 2 unspecified atom stereocenters. The van der Waals surface area contributed by atoms with Crippen LogP contribution in [0.15, 0.2) is 0 Å². The van der Waals surface area contributed by atoms with Gasteiger partial charge < -0.3 is 10.2 Å². The second-order valence-corrected chi connectivity index (χ2v) is 8.52. The number of thioether (sulfide) groups is 1. The van der Waals surface area contributed by atoms with E-state index in [2.05, 4.69) is 33.0 Å². The Morgan fingerprint density at radius 2 is 1.77 bits per heavy atom. The van der Waals surface area contributed by atoms with E-state index < -0.39 is 0 Å². The second kappa shape index (κ2) is 8.80. The Bertz CT molecular complexity index is 383. The summed E-state index contributed by atoms with van der Waals surface area (Å²) >= 11 is 1.74. The summed E-state index contributed by atoms with van der Waals surface area (Å²) in [6.07, 6.45) is 1.91. The van der Waals surface area contributed by atoms with Crippen LogP contribution in [0.3, 0.4) is 0 Å². The zero-order valence-electron chi connectivity index (χ0n) is 14.9. The van der Waals surface area contributed by atoms with E-state index in [-0.39, 0.29) is 29.1 Å². The Morgan fingerprint density at radius 3 is 2.27 bits per heavy atom. The molecular weight excluding hydrogens is 296 g/mol. The SMILES string of the molecule is CC(C)CCNC(=O)C1CSC(CC(C)C)N1C(=O)C(C)C. The molecule has 1 aliphatic rings. The average Bonchev–Trinajstić information content (AvgIpc) is 2.79. The van der Waals surface area contributed by atoms with Crippen LogP contribution in [0, 0.1) is 17.8 Å². The van der Waals surface area contributed by atoms with Gasteiger partial charge in [0.1, 0.15) is 6.04 Å². The Labute approximate surface area is 139 Å². The number of hydrogen-bond acceptors (Lipinski definition) is 3. The molecule has 0 radical (unpaired) electrons. The van der Waals surface area contributed by atoms with Crippen LogP contribution in [-0.2, 0) is 9.59 Å². The van der Waals surface area contributed by atoms with Gasteiger partial charge in [0.2, 0.25) is 11.8 Å². The van der Waals surface area contributed by atoms with Crippen LogP contribution < -0.4 is 5.32 Å².